The van der Waals surface area contributed by atoms with Crippen LogP contribution in [0.25, 0.3) is 0 Å². The molecular weight excluding hydrogens is 200 g/mol. The van der Waals surface area contributed by atoms with Crippen molar-refractivity contribution in [3.05, 3.63) is 29.6 Å². The minimum atomic E-state index is 0.321. The number of likely N-dealkylation sites (tertiary alicyclic amines) is 1. The third-order valence-electron chi connectivity index (χ3n) is 3.24. The number of nitrogens with zero attached hydrogens (tertiary/aromatic N) is 2. The molecule has 1 atom stereocenters. The van der Waals surface area contributed by atoms with Crippen LogP contribution in [0.5, 0.6) is 0 Å². The Morgan fingerprint density at radius 2 is 2.38 bits per heavy atom. The van der Waals surface area contributed by atoms with Gasteiger partial charge in [0.2, 0.25) is 0 Å². The van der Waals surface area contributed by atoms with Crippen molar-refractivity contribution in [2.24, 2.45) is 5.92 Å². The van der Waals surface area contributed by atoms with Crippen LogP contribution >= 0.6 is 0 Å². The first-order valence-electron chi connectivity index (χ1n) is 6.03. The van der Waals surface area contributed by atoms with Gasteiger partial charge in [-0.15, -0.1) is 0 Å². The van der Waals surface area contributed by atoms with Crippen LogP contribution in [-0.4, -0.2) is 34.7 Å². The zero-order chi connectivity index (χ0) is 11.4. The van der Waals surface area contributed by atoms with E-state index in [-0.39, 0.29) is 0 Å². The van der Waals surface area contributed by atoms with Gasteiger partial charge in [0, 0.05) is 25.4 Å². The number of pyridine rings is 1. The molecule has 3 heteroatoms. The Morgan fingerprint density at radius 1 is 1.50 bits per heavy atom. The Bertz CT molecular complexity index is 340. The highest BCUT2D eigenvalue weighted by atomic mass is 16.3. The van der Waals surface area contributed by atoms with E-state index in [1.54, 1.807) is 0 Å². The van der Waals surface area contributed by atoms with E-state index in [4.69, 9.17) is 5.11 Å². The van der Waals surface area contributed by atoms with E-state index in [2.05, 4.69) is 22.0 Å². The lowest BCUT2D eigenvalue weighted by atomic mass is 10.1. The van der Waals surface area contributed by atoms with Crippen molar-refractivity contribution in [3.8, 4) is 0 Å². The SMILES string of the molecule is Cc1cccc(CN2CCC(CCO)C2)n1. The van der Waals surface area contributed by atoms with E-state index >= 15 is 0 Å². The fraction of sp³-hybridized carbons (Fsp3) is 0.615. The second kappa shape index (κ2) is 5.41. The molecule has 16 heavy (non-hydrogen) atoms. The number of rotatable bonds is 4. The van der Waals surface area contributed by atoms with Gasteiger partial charge in [-0.25, -0.2) is 0 Å². The van der Waals surface area contributed by atoms with Crippen LogP contribution in [0.3, 0.4) is 0 Å². The smallest absolute Gasteiger partial charge is 0.0547 e. The predicted octanol–water partition coefficient (Wildman–Crippen LogP) is 1.59. The summed E-state index contributed by atoms with van der Waals surface area (Å²) < 4.78 is 0. The first-order chi connectivity index (χ1) is 7.78. The average Bonchev–Trinajstić information content (AvgIpc) is 2.66. The van der Waals surface area contributed by atoms with Gasteiger partial charge in [-0.05, 0) is 44.4 Å². The van der Waals surface area contributed by atoms with Gasteiger partial charge < -0.3 is 5.11 Å². The Kier molecular flexibility index (Phi) is 3.91. The number of aryl methyl sites for hydroxylation is 1. The monoisotopic (exact) mass is 220 g/mol. The fourth-order valence-corrected chi connectivity index (χ4v) is 2.39. The van der Waals surface area contributed by atoms with Crippen molar-refractivity contribution < 1.29 is 5.11 Å². The molecule has 0 radical (unpaired) electrons. The molecule has 2 heterocycles. The lowest BCUT2D eigenvalue weighted by Gasteiger charge is -2.15. The van der Waals surface area contributed by atoms with Crippen molar-refractivity contribution >= 4 is 0 Å². The summed E-state index contributed by atoms with van der Waals surface area (Å²) in [5.74, 6) is 0.676. The zero-order valence-electron chi connectivity index (χ0n) is 9.89. The molecule has 0 aliphatic carbocycles. The minimum Gasteiger partial charge on any atom is -0.396 e. The van der Waals surface area contributed by atoms with E-state index in [1.165, 1.54) is 6.42 Å². The van der Waals surface area contributed by atoms with E-state index < -0.39 is 0 Å². The van der Waals surface area contributed by atoms with E-state index in [0.717, 1.165) is 37.4 Å². The van der Waals surface area contributed by atoms with Crippen LogP contribution in [0.2, 0.25) is 0 Å². The molecule has 0 amide bonds. The van der Waals surface area contributed by atoms with Crippen LogP contribution in [0.1, 0.15) is 24.2 Å². The highest BCUT2D eigenvalue weighted by Crippen LogP contribution is 2.20. The van der Waals surface area contributed by atoms with Gasteiger partial charge in [-0.3, -0.25) is 9.88 Å². The Balaban J connectivity index is 1.87. The van der Waals surface area contributed by atoms with Crippen molar-refractivity contribution in [2.75, 3.05) is 19.7 Å². The van der Waals surface area contributed by atoms with Gasteiger partial charge in [0.15, 0.2) is 0 Å². The molecule has 0 saturated carbocycles. The second-order valence-corrected chi connectivity index (χ2v) is 4.67. The molecule has 1 aromatic heterocycles. The first kappa shape index (κ1) is 11.6. The summed E-state index contributed by atoms with van der Waals surface area (Å²) in [7, 11) is 0. The summed E-state index contributed by atoms with van der Waals surface area (Å²) in [5, 5.41) is 8.91. The number of hydrogen-bond donors (Lipinski definition) is 1. The first-order valence-corrected chi connectivity index (χ1v) is 6.03. The predicted molar refractivity (Wildman–Crippen MR) is 64.1 cm³/mol. The molecule has 2 rings (SSSR count). The number of aromatic nitrogens is 1. The molecular formula is C13H20N2O. The summed E-state index contributed by atoms with van der Waals surface area (Å²) in [5.41, 5.74) is 2.24. The van der Waals surface area contributed by atoms with E-state index in [9.17, 15) is 0 Å². The summed E-state index contributed by atoms with van der Waals surface area (Å²) in [6.07, 6.45) is 2.16. The van der Waals surface area contributed by atoms with Gasteiger partial charge in [0.05, 0.1) is 5.69 Å². The average molecular weight is 220 g/mol. The number of aliphatic hydroxyl groups is 1. The van der Waals surface area contributed by atoms with Crippen LogP contribution in [0.4, 0.5) is 0 Å². The van der Waals surface area contributed by atoms with Crippen LogP contribution in [0, 0.1) is 12.8 Å². The lowest BCUT2D eigenvalue weighted by molar-refractivity contribution is 0.249. The molecule has 1 fully saturated rings. The maximum atomic E-state index is 8.91. The summed E-state index contributed by atoms with van der Waals surface area (Å²) in [6, 6.07) is 6.19. The standard InChI is InChI=1S/C13H20N2O/c1-11-3-2-4-13(14-11)10-15-7-5-12(9-15)6-8-16/h2-4,12,16H,5-10H2,1H3. The van der Waals surface area contributed by atoms with Crippen LogP contribution < -0.4 is 0 Å². The Hall–Kier alpha value is -0.930. The van der Waals surface area contributed by atoms with Crippen molar-refractivity contribution in [1.82, 2.24) is 9.88 Å². The van der Waals surface area contributed by atoms with Gasteiger partial charge in [0.25, 0.3) is 0 Å². The highest BCUT2D eigenvalue weighted by molar-refractivity contribution is 5.09. The molecule has 0 aromatic carbocycles. The van der Waals surface area contributed by atoms with E-state index in [0.29, 0.717) is 12.5 Å². The third-order valence-corrected chi connectivity index (χ3v) is 3.24. The molecule has 1 unspecified atom stereocenters. The van der Waals surface area contributed by atoms with Crippen molar-refractivity contribution in [1.29, 1.82) is 0 Å². The van der Waals surface area contributed by atoms with Crippen LogP contribution in [-0.2, 0) is 6.54 Å². The molecule has 1 aliphatic rings. The van der Waals surface area contributed by atoms with Crippen molar-refractivity contribution in [3.63, 3.8) is 0 Å². The zero-order valence-corrected chi connectivity index (χ0v) is 9.89. The number of aliphatic hydroxyl groups excluding tert-OH is 1. The molecule has 1 aromatic rings. The lowest BCUT2D eigenvalue weighted by Crippen LogP contribution is -2.21. The van der Waals surface area contributed by atoms with Crippen molar-refractivity contribution in [2.45, 2.75) is 26.3 Å². The van der Waals surface area contributed by atoms with Gasteiger partial charge in [0.1, 0.15) is 0 Å². The quantitative estimate of drug-likeness (QED) is 0.837. The molecule has 1 saturated heterocycles. The molecule has 1 N–H and O–H groups in total. The maximum Gasteiger partial charge on any atom is 0.0547 e. The second-order valence-electron chi connectivity index (χ2n) is 4.67. The molecule has 0 bridgehead atoms. The Labute approximate surface area is 97.1 Å². The highest BCUT2D eigenvalue weighted by Gasteiger charge is 2.21. The van der Waals surface area contributed by atoms with Gasteiger partial charge in [-0.2, -0.15) is 0 Å². The van der Waals surface area contributed by atoms with Gasteiger partial charge >= 0.3 is 0 Å². The van der Waals surface area contributed by atoms with Crippen LogP contribution in [0.15, 0.2) is 18.2 Å². The number of hydrogen-bond acceptors (Lipinski definition) is 3. The Morgan fingerprint density at radius 3 is 3.12 bits per heavy atom. The maximum absolute atomic E-state index is 8.91. The summed E-state index contributed by atoms with van der Waals surface area (Å²) >= 11 is 0. The fourth-order valence-electron chi connectivity index (χ4n) is 2.39. The molecule has 1 aliphatic heterocycles. The molecule has 88 valence electrons. The topological polar surface area (TPSA) is 36.4 Å². The summed E-state index contributed by atoms with van der Waals surface area (Å²) in [6.45, 7) is 5.54. The molecule has 3 nitrogen and oxygen atoms in total. The normalized spacial score (nSPS) is 21.5. The largest absolute Gasteiger partial charge is 0.396 e. The minimum absolute atomic E-state index is 0.321. The molecule has 0 spiro atoms. The third kappa shape index (κ3) is 3.03. The van der Waals surface area contributed by atoms with Gasteiger partial charge in [-0.1, -0.05) is 6.07 Å². The summed E-state index contributed by atoms with van der Waals surface area (Å²) in [4.78, 5) is 6.95. The van der Waals surface area contributed by atoms with E-state index in [1.807, 2.05) is 13.0 Å².